The van der Waals surface area contributed by atoms with E-state index in [-0.39, 0.29) is 5.56 Å². The van der Waals surface area contributed by atoms with Crippen molar-refractivity contribution >= 4 is 22.1 Å². The lowest BCUT2D eigenvalue weighted by Crippen LogP contribution is -2.11. The summed E-state index contributed by atoms with van der Waals surface area (Å²) in [6.45, 7) is 8.18. The number of benzene rings is 1. The van der Waals surface area contributed by atoms with Crippen LogP contribution in [0.3, 0.4) is 0 Å². The van der Waals surface area contributed by atoms with Gasteiger partial charge in [-0.15, -0.1) is 11.3 Å². The molecular weight excluding hydrogens is 268 g/mol. The number of aromatic nitrogens is 2. The van der Waals surface area contributed by atoms with Crippen molar-refractivity contribution in [1.82, 2.24) is 10.2 Å². The van der Waals surface area contributed by atoms with Crippen molar-refractivity contribution in [2.75, 3.05) is 0 Å². The monoisotopic (exact) mass is 284 g/mol. The van der Waals surface area contributed by atoms with Crippen molar-refractivity contribution in [2.24, 2.45) is 0 Å². The van der Waals surface area contributed by atoms with Crippen molar-refractivity contribution in [3.63, 3.8) is 0 Å². The quantitative estimate of drug-likeness (QED) is 0.737. The molecule has 0 amide bonds. The summed E-state index contributed by atoms with van der Waals surface area (Å²) in [6.07, 6.45) is 0. The molecule has 0 aliphatic heterocycles. The van der Waals surface area contributed by atoms with Crippen LogP contribution in [0, 0.1) is 27.7 Å². The molecule has 0 radical (unpaired) electrons. The molecule has 0 saturated carbocycles. The second-order valence-electron chi connectivity index (χ2n) is 5.18. The fourth-order valence-corrected chi connectivity index (χ4v) is 3.61. The van der Waals surface area contributed by atoms with Crippen LogP contribution in [0.15, 0.2) is 23.0 Å². The Morgan fingerprint density at radius 2 is 1.70 bits per heavy atom. The molecule has 1 N–H and O–H groups in total. The number of hydrogen-bond donors (Lipinski definition) is 1. The van der Waals surface area contributed by atoms with Crippen LogP contribution in [0.25, 0.3) is 22.0 Å². The third-order valence-electron chi connectivity index (χ3n) is 3.65. The smallest absolute Gasteiger partial charge is 0.267 e. The van der Waals surface area contributed by atoms with E-state index in [9.17, 15) is 4.79 Å². The Hall–Kier alpha value is -1.94. The van der Waals surface area contributed by atoms with E-state index in [2.05, 4.69) is 36.2 Å². The first kappa shape index (κ1) is 13.1. The molecule has 102 valence electrons. The topological polar surface area (TPSA) is 45.8 Å². The first-order valence-electron chi connectivity index (χ1n) is 6.55. The molecule has 3 nitrogen and oxygen atoms in total. The minimum absolute atomic E-state index is 0.116. The van der Waals surface area contributed by atoms with Gasteiger partial charge < -0.3 is 0 Å². The predicted molar refractivity (Wildman–Crippen MR) is 84.6 cm³/mol. The lowest BCUT2D eigenvalue weighted by molar-refractivity contribution is 1.01. The van der Waals surface area contributed by atoms with E-state index >= 15 is 0 Å². The zero-order valence-corrected chi connectivity index (χ0v) is 12.8. The van der Waals surface area contributed by atoms with Gasteiger partial charge >= 0.3 is 0 Å². The van der Waals surface area contributed by atoms with Crippen molar-refractivity contribution in [3.05, 3.63) is 49.4 Å². The largest absolute Gasteiger partial charge is 0.272 e. The van der Waals surface area contributed by atoms with Gasteiger partial charge in [-0.25, -0.2) is 5.10 Å². The van der Waals surface area contributed by atoms with Crippen LogP contribution in [0.1, 0.15) is 20.9 Å². The summed E-state index contributed by atoms with van der Waals surface area (Å²) >= 11 is 1.75. The SMILES string of the molecule is Cc1cc(-c2n[nH]c(=O)c3c(C)ccc(C)c23)c(C)s1. The van der Waals surface area contributed by atoms with E-state index in [0.717, 1.165) is 33.2 Å². The first-order valence-corrected chi connectivity index (χ1v) is 7.36. The summed E-state index contributed by atoms with van der Waals surface area (Å²) in [6, 6.07) is 6.18. The van der Waals surface area contributed by atoms with Crippen LogP contribution in [-0.2, 0) is 0 Å². The third-order valence-corrected chi connectivity index (χ3v) is 4.62. The van der Waals surface area contributed by atoms with Gasteiger partial charge in [-0.3, -0.25) is 4.79 Å². The van der Waals surface area contributed by atoms with Crippen LogP contribution in [0.2, 0.25) is 0 Å². The second kappa shape index (κ2) is 4.56. The lowest BCUT2D eigenvalue weighted by Gasteiger charge is -2.09. The number of nitrogens with zero attached hydrogens (tertiary/aromatic N) is 1. The number of thiophene rings is 1. The highest BCUT2D eigenvalue weighted by Gasteiger charge is 2.15. The summed E-state index contributed by atoms with van der Waals surface area (Å²) in [5.74, 6) is 0. The molecule has 2 aromatic heterocycles. The number of nitrogens with one attached hydrogen (secondary N) is 1. The summed E-state index contributed by atoms with van der Waals surface area (Å²) in [5.41, 5.74) is 3.95. The van der Waals surface area contributed by atoms with E-state index in [1.165, 1.54) is 9.75 Å². The lowest BCUT2D eigenvalue weighted by atomic mass is 9.98. The minimum atomic E-state index is -0.116. The summed E-state index contributed by atoms with van der Waals surface area (Å²) in [5, 5.41) is 8.68. The van der Waals surface area contributed by atoms with Gasteiger partial charge in [0.05, 0.1) is 5.39 Å². The van der Waals surface area contributed by atoms with Crippen LogP contribution >= 0.6 is 11.3 Å². The molecule has 20 heavy (non-hydrogen) atoms. The first-order chi connectivity index (χ1) is 9.49. The van der Waals surface area contributed by atoms with Gasteiger partial charge in [0.25, 0.3) is 5.56 Å². The van der Waals surface area contributed by atoms with Gasteiger partial charge in [0.2, 0.25) is 0 Å². The van der Waals surface area contributed by atoms with Crippen molar-refractivity contribution < 1.29 is 0 Å². The number of H-pyrrole nitrogens is 1. The van der Waals surface area contributed by atoms with E-state index in [1.807, 2.05) is 19.9 Å². The standard InChI is InChI=1S/C16H16N2OS/c1-8-5-6-9(2)14-13(8)15(17-18-16(14)19)12-7-10(3)20-11(12)4/h5-7H,1-4H3,(H,18,19). The number of hydrogen-bond acceptors (Lipinski definition) is 3. The minimum Gasteiger partial charge on any atom is -0.267 e. The van der Waals surface area contributed by atoms with E-state index in [4.69, 9.17) is 0 Å². The van der Waals surface area contributed by atoms with Crippen LogP contribution in [-0.4, -0.2) is 10.2 Å². The summed E-state index contributed by atoms with van der Waals surface area (Å²) in [7, 11) is 0. The maximum atomic E-state index is 12.1. The molecule has 2 heterocycles. The average molecular weight is 284 g/mol. The highest BCUT2D eigenvalue weighted by molar-refractivity contribution is 7.12. The highest BCUT2D eigenvalue weighted by Crippen LogP contribution is 2.34. The summed E-state index contributed by atoms with van der Waals surface area (Å²) < 4.78 is 0. The van der Waals surface area contributed by atoms with Crippen LogP contribution in [0.5, 0.6) is 0 Å². The maximum Gasteiger partial charge on any atom is 0.272 e. The Bertz CT molecular complexity index is 874. The average Bonchev–Trinajstić information content (AvgIpc) is 2.73. The van der Waals surface area contributed by atoms with E-state index < -0.39 is 0 Å². The maximum absolute atomic E-state index is 12.1. The number of fused-ring (bicyclic) bond motifs is 1. The predicted octanol–water partition coefficient (Wildman–Crippen LogP) is 3.89. The van der Waals surface area contributed by atoms with Crippen LogP contribution in [0.4, 0.5) is 0 Å². The summed E-state index contributed by atoms with van der Waals surface area (Å²) in [4.78, 5) is 14.6. The molecular formula is C16H16N2OS. The van der Waals surface area contributed by atoms with Crippen LogP contribution < -0.4 is 5.56 Å². The van der Waals surface area contributed by atoms with Crippen molar-refractivity contribution in [1.29, 1.82) is 0 Å². The number of rotatable bonds is 1. The van der Waals surface area contributed by atoms with Gasteiger partial charge in [-0.2, -0.15) is 5.10 Å². The Balaban J connectivity index is 2.50. The Morgan fingerprint density at radius 1 is 1.05 bits per heavy atom. The van der Waals surface area contributed by atoms with E-state index in [1.54, 1.807) is 11.3 Å². The molecule has 0 saturated heterocycles. The molecule has 3 aromatic rings. The normalized spacial score (nSPS) is 11.2. The molecule has 0 bridgehead atoms. The highest BCUT2D eigenvalue weighted by atomic mass is 32.1. The second-order valence-corrected chi connectivity index (χ2v) is 6.64. The van der Waals surface area contributed by atoms with Gasteiger partial charge in [-0.1, -0.05) is 12.1 Å². The van der Waals surface area contributed by atoms with Gasteiger partial charge in [0.1, 0.15) is 5.69 Å². The van der Waals surface area contributed by atoms with Crippen molar-refractivity contribution in [2.45, 2.75) is 27.7 Å². The molecule has 0 spiro atoms. The molecule has 0 atom stereocenters. The Kier molecular flexibility index (Phi) is 2.98. The zero-order valence-electron chi connectivity index (χ0n) is 12.0. The fourth-order valence-electron chi connectivity index (χ4n) is 2.69. The zero-order chi connectivity index (χ0) is 14.4. The van der Waals surface area contributed by atoms with Crippen molar-refractivity contribution in [3.8, 4) is 11.3 Å². The Labute approximate surface area is 121 Å². The molecule has 0 unspecified atom stereocenters. The molecule has 0 aliphatic carbocycles. The molecule has 0 aliphatic rings. The molecule has 3 rings (SSSR count). The van der Waals surface area contributed by atoms with Gasteiger partial charge in [-0.05, 0) is 44.9 Å². The Morgan fingerprint density at radius 3 is 2.30 bits per heavy atom. The number of aromatic amines is 1. The molecule has 1 aromatic carbocycles. The molecule has 4 heteroatoms. The molecule has 0 fully saturated rings. The third kappa shape index (κ3) is 1.88. The van der Waals surface area contributed by atoms with Gasteiger partial charge in [0, 0.05) is 20.7 Å². The fraction of sp³-hybridized carbons (Fsp3) is 0.250. The van der Waals surface area contributed by atoms with Gasteiger partial charge in [0.15, 0.2) is 0 Å². The van der Waals surface area contributed by atoms with E-state index in [0.29, 0.717) is 0 Å². The number of aryl methyl sites for hydroxylation is 4.